The maximum absolute atomic E-state index is 14.0. The first kappa shape index (κ1) is 28.8. The summed E-state index contributed by atoms with van der Waals surface area (Å²) in [6.07, 6.45) is 0.710. The Bertz CT molecular complexity index is 1570. The minimum absolute atomic E-state index is 0.0209. The largest absolute Gasteiger partial charge is 0.496 e. The molecule has 1 aromatic heterocycles. The summed E-state index contributed by atoms with van der Waals surface area (Å²) < 4.78 is 58.3. The number of hydrogen-bond donors (Lipinski definition) is 0. The molecule has 3 aromatic rings. The van der Waals surface area contributed by atoms with E-state index in [4.69, 9.17) is 19.2 Å². The number of pyridine rings is 1. The quantitative estimate of drug-likeness (QED) is 0.231. The smallest absolute Gasteiger partial charge is 0.411 e. The second kappa shape index (κ2) is 11.4. The van der Waals surface area contributed by atoms with Crippen molar-refractivity contribution in [2.75, 3.05) is 31.7 Å². The van der Waals surface area contributed by atoms with E-state index in [1.165, 1.54) is 4.90 Å². The van der Waals surface area contributed by atoms with Crippen molar-refractivity contribution < 1.29 is 37.0 Å². The van der Waals surface area contributed by atoms with Crippen molar-refractivity contribution in [2.45, 2.75) is 57.7 Å². The van der Waals surface area contributed by atoms with Gasteiger partial charge in [-0.25, -0.2) is 22.9 Å². The summed E-state index contributed by atoms with van der Waals surface area (Å²) in [6.45, 7) is 5.53. The highest BCUT2D eigenvalue weighted by molar-refractivity contribution is 5.83. The lowest BCUT2D eigenvalue weighted by Gasteiger charge is -2.33. The summed E-state index contributed by atoms with van der Waals surface area (Å²) in [5.41, 5.74) is 3.90. The molecule has 6 rings (SSSR count). The van der Waals surface area contributed by atoms with Gasteiger partial charge in [0, 0.05) is 29.8 Å². The molecule has 3 atom stereocenters. The summed E-state index contributed by atoms with van der Waals surface area (Å²) in [5.74, 6) is -3.58. The molecule has 3 heterocycles. The number of anilines is 1. The number of halogens is 3. The van der Waals surface area contributed by atoms with Gasteiger partial charge in [0.15, 0.2) is 17.5 Å². The predicted octanol–water partition coefficient (Wildman–Crippen LogP) is 6.06. The monoisotopic (exact) mass is 595 g/mol. The zero-order valence-corrected chi connectivity index (χ0v) is 24.2. The molecule has 0 saturated carbocycles. The van der Waals surface area contributed by atoms with Crippen molar-refractivity contribution in [3.05, 3.63) is 76.2 Å². The number of cyclic esters (lactones) is 1. The zero-order valence-electron chi connectivity index (χ0n) is 24.2. The van der Waals surface area contributed by atoms with E-state index in [1.807, 2.05) is 24.3 Å². The number of amides is 1. The first-order valence-corrected chi connectivity index (χ1v) is 14.4. The number of benzene rings is 2. The van der Waals surface area contributed by atoms with Crippen molar-refractivity contribution >= 4 is 17.9 Å². The maximum atomic E-state index is 14.0. The van der Waals surface area contributed by atoms with Crippen LogP contribution in [0.15, 0.2) is 36.4 Å². The van der Waals surface area contributed by atoms with E-state index in [-0.39, 0.29) is 24.0 Å². The second-order valence-corrected chi connectivity index (χ2v) is 11.1. The van der Waals surface area contributed by atoms with Gasteiger partial charge in [0.25, 0.3) is 0 Å². The number of carbonyl (C=O) groups is 2. The standard InChI is InChI=1S/C32H32F3N3O5/c1-4-42-31(39)21-7-6-18-14-27(41-3)23(15-22(18)21)20-8-9-28(37-10-5-11-37)36-26(20)16-38-17(2)30(43-32(38)40)19-12-24(33)29(35)25(34)13-19/h8-9,12-15,17,21,30H,4-7,10-11,16H2,1-3H3/t17-,21+,30-/m0/s1. The number of hydrogen-bond acceptors (Lipinski definition) is 7. The molecular formula is C32H32F3N3O5. The summed E-state index contributed by atoms with van der Waals surface area (Å²) in [7, 11) is 1.58. The molecule has 0 radical (unpaired) electrons. The lowest BCUT2D eigenvalue weighted by Crippen LogP contribution is -2.38. The van der Waals surface area contributed by atoms with Crippen LogP contribution in [0.3, 0.4) is 0 Å². The highest BCUT2D eigenvalue weighted by Crippen LogP contribution is 2.43. The minimum atomic E-state index is -1.58. The van der Waals surface area contributed by atoms with Crippen molar-refractivity contribution in [2.24, 2.45) is 0 Å². The second-order valence-electron chi connectivity index (χ2n) is 11.1. The number of nitrogens with zero attached hydrogens (tertiary/aromatic N) is 3. The van der Waals surface area contributed by atoms with E-state index < -0.39 is 35.7 Å². The predicted molar refractivity (Wildman–Crippen MR) is 151 cm³/mol. The lowest BCUT2D eigenvalue weighted by atomic mass is 9.94. The number of ether oxygens (including phenoxy) is 3. The Balaban J connectivity index is 1.39. The molecule has 2 saturated heterocycles. The molecular weight excluding hydrogens is 563 g/mol. The third-order valence-electron chi connectivity index (χ3n) is 8.59. The third-order valence-corrected chi connectivity index (χ3v) is 8.59. The van der Waals surface area contributed by atoms with Gasteiger partial charge >= 0.3 is 12.1 Å². The SMILES string of the molecule is CCOC(=O)[C@@H]1CCc2cc(OC)c(-c3ccc(N4CCC4)nc3CN3C(=O)O[C@H](c4cc(F)c(F)c(F)c4)[C@@H]3C)cc21. The Hall–Kier alpha value is -4.28. The molecule has 8 nitrogen and oxygen atoms in total. The van der Waals surface area contributed by atoms with Crippen LogP contribution in [0.2, 0.25) is 0 Å². The Labute approximate surface area is 247 Å². The summed E-state index contributed by atoms with van der Waals surface area (Å²) in [4.78, 5) is 34.4. The van der Waals surface area contributed by atoms with Crippen molar-refractivity contribution in [1.82, 2.24) is 9.88 Å². The van der Waals surface area contributed by atoms with E-state index in [0.29, 0.717) is 30.0 Å². The molecule has 0 unspecified atom stereocenters. The molecule has 0 spiro atoms. The van der Waals surface area contributed by atoms with Gasteiger partial charge in [0.2, 0.25) is 0 Å². The molecule has 1 amide bonds. The van der Waals surface area contributed by atoms with Gasteiger partial charge < -0.3 is 19.1 Å². The van der Waals surface area contributed by atoms with Gasteiger partial charge in [0.1, 0.15) is 17.7 Å². The van der Waals surface area contributed by atoms with E-state index in [0.717, 1.165) is 60.6 Å². The average molecular weight is 596 g/mol. The van der Waals surface area contributed by atoms with Crippen LogP contribution in [-0.2, 0) is 27.2 Å². The normalized spacial score (nSPS) is 21.0. The van der Waals surface area contributed by atoms with Gasteiger partial charge in [-0.05, 0) is 80.6 Å². The molecule has 11 heteroatoms. The molecule has 1 aliphatic carbocycles. The lowest BCUT2D eigenvalue weighted by molar-refractivity contribution is -0.144. The van der Waals surface area contributed by atoms with Gasteiger partial charge in [0.05, 0.1) is 37.9 Å². The molecule has 2 aromatic carbocycles. The molecule has 0 N–H and O–H groups in total. The van der Waals surface area contributed by atoms with Crippen molar-refractivity contribution in [1.29, 1.82) is 0 Å². The summed E-state index contributed by atoms with van der Waals surface area (Å²) in [6, 6.07) is 8.80. The van der Waals surface area contributed by atoms with Crippen molar-refractivity contribution in [3.63, 3.8) is 0 Å². The van der Waals surface area contributed by atoms with E-state index in [2.05, 4.69) is 4.90 Å². The molecule has 2 fully saturated rings. The average Bonchev–Trinajstić information content (AvgIpc) is 3.50. The number of rotatable bonds is 8. The molecule has 2 aliphatic heterocycles. The summed E-state index contributed by atoms with van der Waals surface area (Å²) in [5, 5.41) is 0. The number of esters is 1. The van der Waals surface area contributed by atoms with Gasteiger partial charge in [-0.2, -0.15) is 0 Å². The highest BCUT2D eigenvalue weighted by Gasteiger charge is 2.41. The van der Waals surface area contributed by atoms with Crippen LogP contribution in [0.5, 0.6) is 5.75 Å². The molecule has 226 valence electrons. The fourth-order valence-electron chi connectivity index (χ4n) is 6.14. The van der Waals surface area contributed by atoms with Crippen molar-refractivity contribution in [3.8, 4) is 16.9 Å². The fourth-order valence-corrected chi connectivity index (χ4v) is 6.14. The van der Waals surface area contributed by atoms with E-state index in [9.17, 15) is 22.8 Å². The Morgan fingerprint density at radius 3 is 2.49 bits per heavy atom. The molecule has 0 bridgehead atoms. The van der Waals surface area contributed by atoms with Gasteiger partial charge in [-0.1, -0.05) is 0 Å². The van der Waals surface area contributed by atoms with E-state index >= 15 is 0 Å². The van der Waals surface area contributed by atoms with Crippen LogP contribution in [0.1, 0.15) is 61.1 Å². The van der Waals surface area contributed by atoms with Crippen LogP contribution >= 0.6 is 0 Å². The Kier molecular flexibility index (Phi) is 7.66. The number of carbonyl (C=O) groups excluding carboxylic acids is 2. The van der Waals surface area contributed by atoms with Crippen LogP contribution < -0.4 is 9.64 Å². The maximum Gasteiger partial charge on any atom is 0.411 e. The van der Waals surface area contributed by atoms with Crippen LogP contribution in [-0.4, -0.2) is 54.8 Å². The number of aromatic nitrogens is 1. The molecule has 43 heavy (non-hydrogen) atoms. The van der Waals surface area contributed by atoms with Crippen LogP contribution in [0, 0.1) is 17.5 Å². The van der Waals surface area contributed by atoms with E-state index in [1.54, 1.807) is 21.0 Å². The highest BCUT2D eigenvalue weighted by atomic mass is 19.2. The number of fused-ring (bicyclic) bond motifs is 1. The van der Waals surface area contributed by atoms with Crippen LogP contribution in [0.4, 0.5) is 23.8 Å². The fraction of sp³-hybridized carbons (Fsp3) is 0.406. The topological polar surface area (TPSA) is 81.2 Å². The number of methoxy groups -OCH3 is 1. The first-order chi connectivity index (χ1) is 20.7. The zero-order chi connectivity index (χ0) is 30.4. The number of aryl methyl sites for hydroxylation is 1. The first-order valence-electron chi connectivity index (χ1n) is 14.4. The van der Waals surface area contributed by atoms with Gasteiger partial charge in [-0.15, -0.1) is 0 Å². The van der Waals surface area contributed by atoms with Crippen LogP contribution in [0.25, 0.3) is 11.1 Å². The molecule has 3 aliphatic rings. The minimum Gasteiger partial charge on any atom is -0.496 e. The Morgan fingerprint density at radius 1 is 1.09 bits per heavy atom. The van der Waals surface area contributed by atoms with Gasteiger partial charge in [-0.3, -0.25) is 9.69 Å². The summed E-state index contributed by atoms with van der Waals surface area (Å²) >= 11 is 0. The third kappa shape index (κ3) is 5.14. The Morgan fingerprint density at radius 2 is 1.84 bits per heavy atom.